The first-order valence-corrected chi connectivity index (χ1v) is 13.1. The Hall–Kier alpha value is -1.92. The highest BCUT2D eigenvalue weighted by Crippen LogP contribution is 2.33. The van der Waals surface area contributed by atoms with Crippen molar-refractivity contribution in [3.63, 3.8) is 0 Å². The number of thioether (sulfide) groups is 1. The SMILES string of the molecule is CCc1ccc(N=C2NC(=O)/C(=C/c3cc(I)c(OCc4ccc(F)cc4)c(I)c3)S2)cc1. The van der Waals surface area contributed by atoms with Crippen molar-refractivity contribution in [2.75, 3.05) is 0 Å². The van der Waals surface area contributed by atoms with Gasteiger partial charge in [-0.15, -0.1) is 0 Å². The summed E-state index contributed by atoms with van der Waals surface area (Å²) in [5, 5.41) is 3.40. The van der Waals surface area contributed by atoms with Gasteiger partial charge in [0.25, 0.3) is 5.91 Å². The molecule has 0 spiro atoms. The van der Waals surface area contributed by atoms with Gasteiger partial charge in [-0.1, -0.05) is 31.2 Å². The molecule has 1 aliphatic rings. The third-order valence-corrected chi connectivity index (χ3v) is 7.35. The molecule has 0 atom stereocenters. The zero-order chi connectivity index (χ0) is 23.4. The van der Waals surface area contributed by atoms with E-state index < -0.39 is 0 Å². The number of aryl methyl sites for hydroxylation is 1. The van der Waals surface area contributed by atoms with Crippen molar-refractivity contribution >= 4 is 79.8 Å². The molecule has 33 heavy (non-hydrogen) atoms. The quantitative estimate of drug-likeness (QED) is 0.224. The van der Waals surface area contributed by atoms with Crippen LogP contribution in [0.5, 0.6) is 5.75 Å². The number of nitrogens with zero attached hydrogens (tertiary/aromatic N) is 1. The van der Waals surface area contributed by atoms with E-state index in [9.17, 15) is 9.18 Å². The number of halogens is 3. The van der Waals surface area contributed by atoms with Gasteiger partial charge in [0.15, 0.2) is 5.17 Å². The summed E-state index contributed by atoms with van der Waals surface area (Å²) >= 11 is 5.78. The molecule has 1 aliphatic heterocycles. The van der Waals surface area contributed by atoms with Gasteiger partial charge in [0.2, 0.25) is 0 Å². The third-order valence-electron chi connectivity index (χ3n) is 4.84. The normalized spacial score (nSPS) is 15.8. The van der Waals surface area contributed by atoms with E-state index >= 15 is 0 Å². The van der Waals surface area contributed by atoms with Crippen LogP contribution in [0.3, 0.4) is 0 Å². The van der Waals surface area contributed by atoms with Gasteiger partial charge in [-0.2, -0.15) is 0 Å². The summed E-state index contributed by atoms with van der Waals surface area (Å²) < 4.78 is 20.9. The minimum atomic E-state index is -0.267. The summed E-state index contributed by atoms with van der Waals surface area (Å²) in [6, 6.07) is 18.2. The van der Waals surface area contributed by atoms with Crippen LogP contribution in [0.25, 0.3) is 6.08 Å². The second-order valence-corrected chi connectivity index (χ2v) is 10.6. The number of nitrogens with one attached hydrogen (secondary N) is 1. The molecule has 0 radical (unpaired) electrons. The van der Waals surface area contributed by atoms with Gasteiger partial charge in [-0.25, -0.2) is 9.38 Å². The summed E-state index contributed by atoms with van der Waals surface area (Å²) in [5.74, 6) is 0.339. The highest BCUT2D eigenvalue weighted by molar-refractivity contribution is 14.1. The fourth-order valence-corrected chi connectivity index (χ4v) is 6.06. The maximum absolute atomic E-state index is 13.1. The maximum Gasteiger partial charge on any atom is 0.264 e. The Morgan fingerprint density at radius 3 is 2.30 bits per heavy atom. The number of carbonyl (C=O) groups is 1. The summed E-state index contributed by atoms with van der Waals surface area (Å²) in [7, 11) is 0. The van der Waals surface area contributed by atoms with Crippen molar-refractivity contribution in [1.82, 2.24) is 5.32 Å². The molecule has 168 valence electrons. The number of rotatable bonds is 6. The van der Waals surface area contributed by atoms with Gasteiger partial charge in [0.1, 0.15) is 18.2 Å². The van der Waals surface area contributed by atoms with Gasteiger partial charge < -0.3 is 10.1 Å². The van der Waals surface area contributed by atoms with Crippen molar-refractivity contribution in [1.29, 1.82) is 0 Å². The summed E-state index contributed by atoms with van der Waals surface area (Å²) in [6.45, 7) is 2.46. The van der Waals surface area contributed by atoms with Crippen molar-refractivity contribution in [3.05, 3.63) is 95.2 Å². The van der Waals surface area contributed by atoms with Crippen molar-refractivity contribution in [3.8, 4) is 5.75 Å². The van der Waals surface area contributed by atoms with Gasteiger partial charge >= 0.3 is 0 Å². The van der Waals surface area contributed by atoms with E-state index in [2.05, 4.69) is 62.4 Å². The summed E-state index contributed by atoms with van der Waals surface area (Å²) in [4.78, 5) is 17.6. The number of aliphatic imine (C=N–C) groups is 1. The number of hydrogen-bond acceptors (Lipinski definition) is 4. The Morgan fingerprint density at radius 1 is 1.03 bits per heavy atom. The maximum atomic E-state index is 13.1. The number of benzene rings is 3. The van der Waals surface area contributed by atoms with Gasteiger partial charge in [0, 0.05) is 0 Å². The van der Waals surface area contributed by atoms with Crippen LogP contribution in [0.4, 0.5) is 10.1 Å². The van der Waals surface area contributed by atoms with E-state index in [1.54, 1.807) is 12.1 Å². The van der Waals surface area contributed by atoms with Gasteiger partial charge in [-0.05, 0) is 123 Å². The first-order chi connectivity index (χ1) is 15.9. The second kappa shape index (κ2) is 11.0. The molecule has 4 rings (SSSR count). The molecule has 1 amide bonds. The standard InChI is InChI=1S/C25H19FI2N2O2S/c1-2-15-5-9-19(10-6-15)29-25-30-24(31)22(33-25)13-17-11-20(27)23(21(28)12-17)32-14-16-3-7-18(26)8-4-16/h3-13H,2,14H2,1H3,(H,29,30,31)/b22-13-. The average Bonchev–Trinajstić information content (AvgIpc) is 3.13. The molecular weight excluding hydrogens is 665 g/mol. The molecule has 1 heterocycles. The van der Waals surface area contributed by atoms with Crippen LogP contribution in [0.1, 0.15) is 23.6 Å². The Morgan fingerprint density at radius 2 is 1.67 bits per heavy atom. The van der Waals surface area contributed by atoms with Crippen LogP contribution in [-0.2, 0) is 17.8 Å². The molecule has 1 saturated heterocycles. The lowest BCUT2D eigenvalue weighted by atomic mass is 10.2. The molecular formula is C25H19FI2N2O2S. The smallest absolute Gasteiger partial charge is 0.264 e. The van der Waals surface area contributed by atoms with E-state index in [4.69, 9.17) is 4.74 Å². The van der Waals surface area contributed by atoms with Crippen LogP contribution in [-0.4, -0.2) is 11.1 Å². The lowest BCUT2D eigenvalue weighted by Crippen LogP contribution is -2.19. The lowest BCUT2D eigenvalue weighted by Gasteiger charge is -2.12. The fourth-order valence-electron chi connectivity index (χ4n) is 3.09. The molecule has 8 heteroatoms. The fraction of sp³-hybridized carbons (Fsp3) is 0.120. The number of hydrogen-bond donors (Lipinski definition) is 1. The Kier molecular flexibility index (Phi) is 8.07. The highest BCUT2D eigenvalue weighted by Gasteiger charge is 2.24. The van der Waals surface area contributed by atoms with E-state index in [1.165, 1.54) is 29.5 Å². The second-order valence-electron chi connectivity index (χ2n) is 7.23. The van der Waals surface area contributed by atoms with Crippen LogP contribution in [0, 0.1) is 13.0 Å². The molecule has 0 unspecified atom stereocenters. The van der Waals surface area contributed by atoms with Crippen LogP contribution < -0.4 is 10.1 Å². The predicted octanol–water partition coefficient (Wildman–Crippen LogP) is 7.07. The van der Waals surface area contributed by atoms with Gasteiger partial charge in [-0.3, -0.25) is 4.79 Å². The van der Waals surface area contributed by atoms with Crippen molar-refractivity contribution < 1.29 is 13.9 Å². The molecule has 1 fully saturated rings. The zero-order valence-electron chi connectivity index (χ0n) is 17.6. The summed E-state index contributed by atoms with van der Waals surface area (Å²) in [5.41, 5.74) is 3.86. The minimum Gasteiger partial charge on any atom is -0.487 e. The molecule has 1 N–H and O–H groups in total. The minimum absolute atomic E-state index is 0.161. The average molecular weight is 684 g/mol. The monoisotopic (exact) mass is 684 g/mol. The molecule has 4 nitrogen and oxygen atoms in total. The van der Waals surface area contributed by atoms with E-state index in [0.29, 0.717) is 16.7 Å². The van der Waals surface area contributed by atoms with E-state index in [-0.39, 0.29) is 11.7 Å². The van der Waals surface area contributed by atoms with Gasteiger partial charge in [0.05, 0.1) is 17.7 Å². The summed E-state index contributed by atoms with van der Waals surface area (Å²) in [6.07, 6.45) is 2.83. The molecule has 0 saturated carbocycles. The highest BCUT2D eigenvalue weighted by atomic mass is 127. The first-order valence-electron chi connectivity index (χ1n) is 10.2. The molecule has 0 aromatic heterocycles. The third kappa shape index (κ3) is 6.36. The number of ether oxygens (including phenoxy) is 1. The van der Waals surface area contributed by atoms with Crippen LogP contribution in [0.15, 0.2) is 70.6 Å². The van der Waals surface area contributed by atoms with Crippen LogP contribution >= 0.6 is 56.9 Å². The Balaban J connectivity index is 1.48. The molecule has 0 bridgehead atoms. The van der Waals surface area contributed by atoms with Crippen molar-refractivity contribution in [2.24, 2.45) is 4.99 Å². The van der Waals surface area contributed by atoms with E-state index in [1.807, 2.05) is 42.5 Å². The zero-order valence-corrected chi connectivity index (χ0v) is 22.7. The number of amides is 1. The molecule has 3 aromatic rings. The lowest BCUT2D eigenvalue weighted by molar-refractivity contribution is -0.115. The predicted molar refractivity (Wildman–Crippen MR) is 149 cm³/mol. The molecule has 0 aliphatic carbocycles. The Labute approximate surface area is 223 Å². The van der Waals surface area contributed by atoms with Crippen molar-refractivity contribution in [2.45, 2.75) is 20.0 Å². The van der Waals surface area contributed by atoms with Crippen LogP contribution in [0.2, 0.25) is 0 Å². The molecule has 3 aromatic carbocycles. The number of carbonyl (C=O) groups excluding carboxylic acids is 1. The Bertz CT molecular complexity index is 1220. The first kappa shape index (κ1) is 24.2. The largest absolute Gasteiger partial charge is 0.487 e. The number of amidine groups is 1. The van der Waals surface area contributed by atoms with E-state index in [0.717, 1.165) is 36.1 Å². The topological polar surface area (TPSA) is 50.7 Å².